The molecule has 1 aliphatic carbocycles. The molecule has 82 valence electrons. The second-order valence-corrected chi connectivity index (χ2v) is 5.55. The minimum atomic E-state index is 0.315. The van der Waals surface area contributed by atoms with E-state index in [0.29, 0.717) is 12.0 Å². The lowest BCUT2D eigenvalue weighted by molar-refractivity contribution is 0.201. The highest BCUT2D eigenvalue weighted by Crippen LogP contribution is 2.49. The van der Waals surface area contributed by atoms with Crippen LogP contribution in [0.15, 0.2) is 28.7 Å². The van der Waals surface area contributed by atoms with E-state index in [1.54, 1.807) is 0 Å². The van der Waals surface area contributed by atoms with Crippen molar-refractivity contribution in [3.8, 4) is 0 Å². The lowest BCUT2D eigenvalue weighted by Crippen LogP contribution is -2.06. The van der Waals surface area contributed by atoms with Gasteiger partial charge in [0.25, 0.3) is 0 Å². The topological polar surface area (TPSA) is 20.2 Å². The van der Waals surface area contributed by atoms with Gasteiger partial charge in [-0.1, -0.05) is 28.1 Å². The number of hydrogen-bond acceptors (Lipinski definition) is 1. The van der Waals surface area contributed by atoms with Crippen LogP contribution in [-0.4, -0.2) is 11.7 Å². The molecule has 0 bridgehead atoms. The van der Waals surface area contributed by atoms with Crippen LogP contribution in [0.5, 0.6) is 0 Å². The molecule has 0 amide bonds. The van der Waals surface area contributed by atoms with Gasteiger partial charge in [-0.2, -0.15) is 0 Å². The quantitative estimate of drug-likeness (QED) is 0.866. The molecule has 0 heterocycles. The largest absolute Gasteiger partial charge is 0.396 e. The van der Waals surface area contributed by atoms with Crippen LogP contribution in [0.2, 0.25) is 0 Å². The molecule has 0 spiro atoms. The summed E-state index contributed by atoms with van der Waals surface area (Å²) in [4.78, 5) is 0. The zero-order chi connectivity index (χ0) is 10.7. The molecule has 1 fully saturated rings. The van der Waals surface area contributed by atoms with E-state index < -0.39 is 0 Å². The first-order chi connectivity index (χ1) is 7.24. The molecule has 1 aromatic carbocycles. The molecule has 2 rings (SSSR count). The van der Waals surface area contributed by atoms with E-state index in [4.69, 9.17) is 0 Å². The molecule has 1 N–H and O–H groups in total. The average molecular weight is 269 g/mol. The summed E-state index contributed by atoms with van der Waals surface area (Å²) in [6, 6.07) is 8.52. The Morgan fingerprint density at radius 3 is 2.40 bits per heavy atom. The lowest BCUT2D eigenvalue weighted by Gasteiger charge is -2.10. The van der Waals surface area contributed by atoms with E-state index >= 15 is 0 Å². The molecule has 15 heavy (non-hydrogen) atoms. The number of hydrogen-bond donors (Lipinski definition) is 1. The number of halogens is 1. The Morgan fingerprint density at radius 2 is 1.87 bits per heavy atom. The van der Waals surface area contributed by atoms with Gasteiger partial charge < -0.3 is 5.11 Å². The van der Waals surface area contributed by atoms with Gasteiger partial charge in [-0.3, -0.25) is 0 Å². The van der Waals surface area contributed by atoms with Gasteiger partial charge >= 0.3 is 0 Å². The van der Waals surface area contributed by atoms with Crippen LogP contribution in [0.1, 0.15) is 31.2 Å². The van der Waals surface area contributed by atoms with Crippen molar-refractivity contribution in [2.45, 2.75) is 32.1 Å². The highest BCUT2D eigenvalue weighted by molar-refractivity contribution is 9.10. The third-order valence-corrected chi connectivity index (χ3v) is 3.91. The van der Waals surface area contributed by atoms with E-state index in [1.807, 2.05) is 0 Å². The smallest absolute Gasteiger partial charge is 0.0487 e. The summed E-state index contributed by atoms with van der Waals surface area (Å²) in [6.45, 7) is 0.382. The van der Waals surface area contributed by atoms with E-state index in [9.17, 15) is 5.11 Å². The molecular weight excluding hydrogens is 252 g/mol. The maximum absolute atomic E-state index is 9.18. The molecule has 1 aliphatic rings. The summed E-state index contributed by atoms with van der Waals surface area (Å²) in [7, 11) is 0. The van der Waals surface area contributed by atoms with Crippen molar-refractivity contribution < 1.29 is 5.11 Å². The van der Waals surface area contributed by atoms with Gasteiger partial charge in [0.05, 0.1) is 0 Å². The maximum atomic E-state index is 9.18. The fraction of sp³-hybridized carbons (Fsp3) is 0.538. The molecule has 0 aromatic heterocycles. The van der Waals surface area contributed by atoms with Crippen LogP contribution in [0, 0.1) is 5.41 Å². The van der Waals surface area contributed by atoms with Crippen molar-refractivity contribution in [3.05, 3.63) is 34.3 Å². The van der Waals surface area contributed by atoms with Crippen LogP contribution in [0.25, 0.3) is 0 Å². The van der Waals surface area contributed by atoms with Crippen molar-refractivity contribution in [2.75, 3.05) is 6.61 Å². The van der Waals surface area contributed by atoms with Crippen molar-refractivity contribution in [3.63, 3.8) is 0 Å². The summed E-state index contributed by atoms with van der Waals surface area (Å²) in [6.07, 6.45) is 5.96. The number of aliphatic hydroxyl groups excluding tert-OH is 1. The molecule has 1 aromatic rings. The second-order valence-electron chi connectivity index (χ2n) is 4.64. The Morgan fingerprint density at radius 1 is 1.20 bits per heavy atom. The van der Waals surface area contributed by atoms with Gasteiger partial charge in [-0.25, -0.2) is 0 Å². The SMILES string of the molecule is OCC1(CCCc2ccc(Br)cc2)CC1. The zero-order valence-electron chi connectivity index (χ0n) is 8.88. The Labute approximate surface area is 99.6 Å². The molecular formula is C13H17BrO. The molecule has 2 heteroatoms. The van der Waals surface area contributed by atoms with Crippen molar-refractivity contribution in [1.82, 2.24) is 0 Å². The average Bonchev–Trinajstić information content (AvgIpc) is 3.02. The Bertz CT molecular complexity index is 314. The Balaban J connectivity index is 1.76. The fourth-order valence-electron chi connectivity index (χ4n) is 1.98. The first-order valence-electron chi connectivity index (χ1n) is 5.59. The normalized spacial score (nSPS) is 17.7. The number of rotatable bonds is 5. The summed E-state index contributed by atoms with van der Waals surface area (Å²) in [5, 5.41) is 9.18. The molecule has 0 atom stereocenters. The zero-order valence-corrected chi connectivity index (χ0v) is 10.5. The highest BCUT2D eigenvalue weighted by atomic mass is 79.9. The first kappa shape index (κ1) is 11.2. The van der Waals surface area contributed by atoms with Gasteiger partial charge in [-0.05, 0) is 55.2 Å². The van der Waals surface area contributed by atoms with Gasteiger partial charge in [0.2, 0.25) is 0 Å². The summed E-state index contributed by atoms with van der Waals surface area (Å²) >= 11 is 3.43. The van der Waals surface area contributed by atoms with Crippen LogP contribution < -0.4 is 0 Å². The molecule has 0 aliphatic heterocycles. The van der Waals surface area contributed by atoms with Gasteiger partial charge in [0.1, 0.15) is 0 Å². The predicted molar refractivity (Wildman–Crippen MR) is 65.8 cm³/mol. The monoisotopic (exact) mass is 268 g/mol. The molecule has 0 radical (unpaired) electrons. The van der Waals surface area contributed by atoms with Crippen LogP contribution >= 0.6 is 15.9 Å². The predicted octanol–water partition coefficient (Wildman–Crippen LogP) is 3.54. The van der Waals surface area contributed by atoms with Crippen molar-refractivity contribution >= 4 is 15.9 Å². The van der Waals surface area contributed by atoms with Crippen LogP contribution in [-0.2, 0) is 6.42 Å². The summed E-state index contributed by atoms with van der Waals surface area (Å²) < 4.78 is 1.14. The van der Waals surface area contributed by atoms with Crippen LogP contribution in [0.4, 0.5) is 0 Å². The molecule has 1 nitrogen and oxygen atoms in total. The van der Waals surface area contributed by atoms with Crippen LogP contribution in [0.3, 0.4) is 0 Å². The first-order valence-corrected chi connectivity index (χ1v) is 6.39. The Hall–Kier alpha value is -0.340. The van der Waals surface area contributed by atoms with Crippen molar-refractivity contribution in [2.24, 2.45) is 5.41 Å². The fourth-order valence-corrected chi connectivity index (χ4v) is 2.25. The minimum absolute atomic E-state index is 0.315. The van der Waals surface area contributed by atoms with E-state index in [1.165, 1.54) is 31.2 Å². The molecule has 0 saturated heterocycles. The second kappa shape index (κ2) is 4.67. The summed E-state index contributed by atoms with van der Waals surface area (Å²) in [5.74, 6) is 0. The molecule has 0 unspecified atom stereocenters. The maximum Gasteiger partial charge on any atom is 0.0487 e. The third-order valence-electron chi connectivity index (χ3n) is 3.38. The third kappa shape index (κ3) is 3.05. The lowest BCUT2D eigenvalue weighted by atomic mass is 9.98. The highest BCUT2D eigenvalue weighted by Gasteiger charge is 2.40. The van der Waals surface area contributed by atoms with E-state index in [-0.39, 0.29) is 0 Å². The van der Waals surface area contributed by atoms with Gasteiger partial charge in [0, 0.05) is 11.1 Å². The van der Waals surface area contributed by atoms with E-state index in [0.717, 1.165) is 10.9 Å². The van der Waals surface area contributed by atoms with Gasteiger partial charge in [0.15, 0.2) is 0 Å². The minimum Gasteiger partial charge on any atom is -0.396 e. The van der Waals surface area contributed by atoms with Crippen molar-refractivity contribution in [1.29, 1.82) is 0 Å². The standard InChI is InChI=1S/C13H17BrO/c14-12-5-3-11(4-6-12)2-1-7-13(10-15)8-9-13/h3-6,15H,1-2,7-10H2. The number of aliphatic hydroxyl groups is 1. The van der Waals surface area contributed by atoms with Gasteiger partial charge in [-0.15, -0.1) is 0 Å². The summed E-state index contributed by atoms with van der Waals surface area (Å²) in [5.41, 5.74) is 1.71. The molecule has 1 saturated carbocycles. The Kier molecular flexibility index (Phi) is 3.47. The van der Waals surface area contributed by atoms with E-state index in [2.05, 4.69) is 40.2 Å². The number of aryl methyl sites for hydroxylation is 1. The number of benzene rings is 1.